The first kappa shape index (κ1) is 27.9. The third kappa shape index (κ3) is 10.2. The van der Waals surface area contributed by atoms with E-state index in [0.29, 0.717) is 36.2 Å². The molecular formula is C28H39N3O4. The molecule has 0 amide bonds. The second-order valence-electron chi connectivity index (χ2n) is 8.14. The highest BCUT2D eigenvalue weighted by atomic mass is 16.5. The Morgan fingerprint density at radius 3 is 2.09 bits per heavy atom. The fourth-order valence-electron chi connectivity index (χ4n) is 3.38. The van der Waals surface area contributed by atoms with Crippen molar-refractivity contribution in [2.24, 2.45) is 0 Å². The standard InChI is InChI=1S/C18H30O3.C10H9N3O/c1-3-5-7-9-14-20-17-13-11-12-16(19)18(17)21-15-10-8-6-4-2;1-14-9-7-11-13-12-10(9)8-5-3-2-4-6-8/h11-13,19H,3-10,14-15H2,1-2H3;2-7H,1H3. The Morgan fingerprint density at radius 2 is 1.43 bits per heavy atom. The van der Waals surface area contributed by atoms with Crippen LogP contribution in [0.4, 0.5) is 0 Å². The molecule has 0 saturated heterocycles. The Kier molecular flexibility index (Phi) is 13.7. The first-order valence-corrected chi connectivity index (χ1v) is 12.6. The lowest BCUT2D eigenvalue weighted by molar-refractivity contribution is 0.249. The van der Waals surface area contributed by atoms with E-state index in [4.69, 9.17) is 14.2 Å². The van der Waals surface area contributed by atoms with Crippen LogP contribution in [0.3, 0.4) is 0 Å². The molecule has 0 aliphatic carbocycles. The van der Waals surface area contributed by atoms with Crippen molar-refractivity contribution in [3.05, 3.63) is 54.7 Å². The zero-order chi connectivity index (χ0) is 25.1. The van der Waals surface area contributed by atoms with Gasteiger partial charge in [-0.3, -0.25) is 0 Å². The molecule has 7 heteroatoms. The Hall–Kier alpha value is -3.35. The van der Waals surface area contributed by atoms with Gasteiger partial charge < -0.3 is 19.3 Å². The number of methoxy groups -OCH3 is 1. The summed E-state index contributed by atoms with van der Waals surface area (Å²) in [7, 11) is 1.59. The summed E-state index contributed by atoms with van der Waals surface area (Å²) in [5, 5.41) is 21.1. The van der Waals surface area contributed by atoms with Gasteiger partial charge in [0.15, 0.2) is 17.2 Å². The Morgan fingerprint density at radius 1 is 0.743 bits per heavy atom. The molecule has 1 heterocycles. The SMILES string of the molecule is CCCCCCOc1cccc(O)c1OCCCCCC.COc1cnnnc1-c1ccccc1. The molecule has 2 aromatic carbocycles. The van der Waals surface area contributed by atoms with Crippen molar-refractivity contribution < 1.29 is 19.3 Å². The molecule has 3 aromatic rings. The zero-order valence-corrected chi connectivity index (χ0v) is 21.3. The largest absolute Gasteiger partial charge is 0.504 e. The van der Waals surface area contributed by atoms with Gasteiger partial charge in [0.05, 0.1) is 26.5 Å². The number of unbranched alkanes of at least 4 members (excludes halogenated alkanes) is 6. The van der Waals surface area contributed by atoms with Gasteiger partial charge in [-0.05, 0) is 30.2 Å². The van der Waals surface area contributed by atoms with Crippen molar-refractivity contribution in [1.29, 1.82) is 0 Å². The average molecular weight is 482 g/mol. The molecule has 0 spiro atoms. The first-order chi connectivity index (χ1) is 17.2. The quantitative estimate of drug-likeness (QED) is 0.252. The van der Waals surface area contributed by atoms with E-state index >= 15 is 0 Å². The maximum Gasteiger partial charge on any atom is 0.203 e. The molecule has 0 fully saturated rings. The highest BCUT2D eigenvalue weighted by Crippen LogP contribution is 2.36. The highest BCUT2D eigenvalue weighted by Gasteiger charge is 2.10. The van der Waals surface area contributed by atoms with Crippen LogP contribution in [0.2, 0.25) is 0 Å². The smallest absolute Gasteiger partial charge is 0.203 e. The van der Waals surface area contributed by atoms with E-state index in [9.17, 15) is 5.11 Å². The number of para-hydroxylation sites is 1. The van der Waals surface area contributed by atoms with Gasteiger partial charge in [-0.15, -0.1) is 10.2 Å². The minimum atomic E-state index is 0.163. The molecule has 0 atom stereocenters. The molecule has 0 saturated carbocycles. The summed E-state index contributed by atoms with van der Waals surface area (Å²) in [5.74, 6) is 1.94. The summed E-state index contributed by atoms with van der Waals surface area (Å²) in [6, 6.07) is 15.0. The second-order valence-corrected chi connectivity index (χ2v) is 8.14. The molecule has 190 valence electrons. The number of nitrogens with zero attached hydrogens (tertiary/aromatic N) is 3. The minimum Gasteiger partial charge on any atom is -0.504 e. The maximum absolute atomic E-state index is 9.93. The number of benzene rings is 2. The van der Waals surface area contributed by atoms with Crippen molar-refractivity contribution in [3.63, 3.8) is 0 Å². The molecule has 3 rings (SSSR count). The van der Waals surface area contributed by atoms with Crippen molar-refractivity contribution in [2.75, 3.05) is 20.3 Å². The fourth-order valence-corrected chi connectivity index (χ4v) is 3.38. The van der Waals surface area contributed by atoms with Crippen LogP contribution < -0.4 is 14.2 Å². The zero-order valence-electron chi connectivity index (χ0n) is 21.3. The van der Waals surface area contributed by atoms with E-state index in [2.05, 4.69) is 29.3 Å². The summed E-state index contributed by atoms with van der Waals surface area (Å²) >= 11 is 0. The molecule has 7 nitrogen and oxygen atoms in total. The van der Waals surface area contributed by atoms with E-state index in [0.717, 1.165) is 24.8 Å². The van der Waals surface area contributed by atoms with Crippen LogP contribution in [0.1, 0.15) is 65.2 Å². The molecule has 0 aliphatic heterocycles. The van der Waals surface area contributed by atoms with E-state index in [1.807, 2.05) is 36.4 Å². The molecule has 1 aromatic heterocycles. The van der Waals surface area contributed by atoms with Gasteiger partial charge in [-0.1, -0.05) is 88.8 Å². The number of hydrogen-bond acceptors (Lipinski definition) is 7. The van der Waals surface area contributed by atoms with Gasteiger partial charge in [0, 0.05) is 5.56 Å². The molecule has 0 unspecified atom stereocenters. The van der Waals surface area contributed by atoms with Crippen LogP contribution >= 0.6 is 0 Å². The van der Waals surface area contributed by atoms with Crippen molar-refractivity contribution >= 4 is 0 Å². The first-order valence-electron chi connectivity index (χ1n) is 12.6. The normalized spacial score (nSPS) is 10.3. The van der Waals surface area contributed by atoms with E-state index in [1.165, 1.54) is 32.1 Å². The lowest BCUT2D eigenvalue weighted by Gasteiger charge is -2.14. The van der Waals surface area contributed by atoms with Crippen LogP contribution in [0.25, 0.3) is 11.3 Å². The minimum absolute atomic E-state index is 0.163. The number of phenols is 1. The van der Waals surface area contributed by atoms with Crippen molar-refractivity contribution in [3.8, 4) is 34.3 Å². The maximum atomic E-state index is 9.93. The Labute approximate surface area is 209 Å². The van der Waals surface area contributed by atoms with Crippen LogP contribution in [-0.2, 0) is 0 Å². The monoisotopic (exact) mass is 481 g/mol. The number of aromatic nitrogens is 3. The van der Waals surface area contributed by atoms with E-state index in [-0.39, 0.29) is 5.75 Å². The summed E-state index contributed by atoms with van der Waals surface area (Å²) in [6.07, 6.45) is 10.8. The molecule has 0 aliphatic rings. The van der Waals surface area contributed by atoms with Gasteiger partial charge in [0.2, 0.25) is 5.75 Å². The third-order valence-electron chi connectivity index (χ3n) is 5.33. The molecule has 0 radical (unpaired) electrons. The van der Waals surface area contributed by atoms with Crippen LogP contribution in [0, 0.1) is 0 Å². The third-order valence-corrected chi connectivity index (χ3v) is 5.33. The van der Waals surface area contributed by atoms with Crippen molar-refractivity contribution in [1.82, 2.24) is 15.4 Å². The number of hydrogen-bond donors (Lipinski definition) is 1. The number of phenolic OH excluding ortho intramolecular Hbond substituents is 1. The average Bonchev–Trinajstić information content (AvgIpc) is 2.90. The highest BCUT2D eigenvalue weighted by molar-refractivity contribution is 5.64. The summed E-state index contributed by atoms with van der Waals surface area (Å²) < 4.78 is 16.6. The second kappa shape index (κ2) is 17.1. The summed E-state index contributed by atoms with van der Waals surface area (Å²) in [4.78, 5) is 0. The van der Waals surface area contributed by atoms with Gasteiger partial charge in [-0.2, -0.15) is 0 Å². The Balaban J connectivity index is 0.000000266. The molecular weight excluding hydrogens is 442 g/mol. The predicted molar refractivity (Wildman–Crippen MR) is 139 cm³/mol. The van der Waals surface area contributed by atoms with Gasteiger partial charge in [0.1, 0.15) is 5.69 Å². The van der Waals surface area contributed by atoms with Gasteiger partial charge >= 0.3 is 0 Å². The molecule has 1 N–H and O–H groups in total. The van der Waals surface area contributed by atoms with Crippen LogP contribution in [-0.4, -0.2) is 40.8 Å². The van der Waals surface area contributed by atoms with E-state index < -0.39 is 0 Å². The van der Waals surface area contributed by atoms with Crippen LogP contribution in [0.15, 0.2) is 54.7 Å². The summed E-state index contributed by atoms with van der Waals surface area (Å²) in [6.45, 7) is 5.69. The van der Waals surface area contributed by atoms with E-state index in [1.54, 1.807) is 25.4 Å². The number of rotatable bonds is 14. The van der Waals surface area contributed by atoms with Crippen molar-refractivity contribution in [2.45, 2.75) is 65.2 Å². The topological polar surface area (TPSA) is 86.6 Å². The Bertz CT molecular complexity index is 954. The summed E-state index contributed by atoms with van der Waals surface area (Å²) in [5.41, 5.74) is 1.68. The predicted octanol–water partition coefficient (Wildman–Crippen LogP) is 6.86. The lowest BCUT2D eigenvalue weighted by atomic mass is 10.1. The number of ether oxygens (including phenoxy) is 3. The lowest BCUT2D eigenvalue weighted by Crippen LogP contribution is -2.03. The fraction of sp³-hybridized carbons (Fsp3) is 0.464. The van der Waals surface area contributed by atoms with Gasteiger partial charge in [0.25, 0.3) is 0 Å². The molecule has 35 heavy (non-hydrogen) atoms. The molecule has 0 bridgehead atoms. The number of aromatic hydroxyl groups is 1. The van der Waals surface area contributed by atoms with Gasteiger partial charge in [-0.25, -0.2) is 0 Å². The van der Waals surface area contributed by atoms with Crippen LogP contribution in [0.5, 0.6) is 23.0 Å².